The lowest BCUT2D eigenvalue weighted by Crippen LogP contribution is -2.47. The Morgan fingerprint density at radius 3 is 2.47 bits per heavy atom. The molecule has 1 heterocycles. The zero-order valence-corrected chi connectivity index (χ0v) is 12.3. The van der Waals surface area contributed by atoms with Crippen molar-refractivity contribution in [3.63, 3.8) is 0 Å². The average molecular weight is 262 g/mol. The van der Waals surface area contributed by atoms with E-state index < -0.39 is 10.0 Å². The summed E-state index contributed by atoms with van der Waals surface area (Å²) < 4.78 is 25.9. The number of rotatable bonds is 4. The van der Waals surface area contributed by atoms with Gasteiger partial charge in [0.2, 0.25) is 10.0 Å². The molecule has 5 heteroatoms. The standard InChI is InChI=1S/C12H26N2O2S/c1-12(2,3)7-9-17(15,16)14(4)11-6-5-8-13-10-11/h11,13H,5-10H2,1-4H3. The molecule has 17 heavy (non-hydrogen) atoms. The van der Waals surface area contributed by atoms with Gasteiger partial charge in [0.25, 0.3) is 0 Å². The Hall–Kier alpha value is -0.130. The molecule has 1 rings (SSSR count). The fourth-order valence-electron chi connectivity index (χ4n) is 1.95. The SMILES string of the molecule is CN(C1CCCNC1)S(=O)(=O)CCC(C)(C)C. The van der Waals surface area contributed by atoms with Crippen LogP contribution in [0.2, 0.25) is 0 Å². The van der Waals surface area contributed by atoms with Crippen molar-refractivity contribution >= 4 is 10.0 Å². The van der Waals surface area contributed by atoms with Crippen molar-refractivity contribution in [2.45, 2.75) is 46.1 Å². The zero-order chi connectivity index (χ0) is 13.1. The number of hydrogen-bond donors (Lipinski definition) is 1. The molecule has 0 spiro atoms. The minimum absolute atomic E-state index is 0.0682. The quantitative estimate of drug-likeness (QED) is 0.834. The number of likely N-dealkylation sites (N-methyl/N-ethyl adjacent to an activating group) is 1. The number of nitrogens with one attached hydrogen (secondary N) is 1. The first-order chi connectivity index (χ1) is 7.72. The lowest BCUT2D eigenvalue weighted by atomic mass is 9.94. The summed E-state index contributed by atoms with van der Waals surface area (Å²) in [5.74, 6) is 0.253. The number of piperidine rings is 1. The number of sulfonamides is 1. The van der Waals surface area contributed by atoms with Crippen molar-refractivity contribution in [3.8, 4) is 0 Å². The van der Waals surface area contributed by atoms with Crippen LogP contribution in [-0.4, -0.2) is 44.7 Å². The number of hydrogen-bond acceptors (Lipinski definition) is 3. The first-order valence-corrected chi connectivity index (χ1v) is 8.00. The summed E-state index contributed by atoms with van der Waals surface area (Å²) in [4.78, 5) is 0. The Bertz CT molecular complexity index is 327. The van der Waals surface area contributed by atoms with Gasteiger partial charge in [0, 0.05) is 19.6 Å². The highest BCUT2D eigenvalue weighted by molar-refractivity contribution is 7.89. The molecule has 0 radical (unpaired) electrons. The highest BCUT2D eigenvalue weighted by Crippen LogP contribution is 2.21. The molecule has 1 unspecified atom stereocenters. The van der Waals surface area contributed by atoms with Crippen LogP contribution in [0.4, 0.5) is 0 Å². The van der Waals surface area contributed by atoms with E-state index in [-0.39, 0.29) is 17.2 Å². The molecule has 1 atom stereocenters. The third-order valence-corrected chi connectivity index (χ3v) is 5.23. The third-order valence-electron chi connectivity index (χ3n) is 3.33. The smallest absolute Gasteiger partial charge is 0.214 e. The van der Waals surface area contributed by atoms with Gasteiger partial charge in [-0.1, -0.05) is 20.8 Å². The molecular weight excluding hydrogens is 236 g/mol. The number of nitrogens with zero attached hydrogens (tertiary/aromatic N) is 1. The van der Waals surface area contributed by atoms with Gasteiger partial charge in [-0.15, -0.1) is 0 Å². The molecule has 4 nitrogen and oxygen atoms in total. The molecular formula is C12H26N2O2S. The van der Waals surface area contributed by atoms with E-state index in [1.807, 2.05) is 0 Å². The Labute approximate surface area is 106 Å². The first-order valence-electron chi connectivity index (χ1n) is 6.39. The summed E-state index contributed by atoms with van der Waals surface area (Å²) in [6.07, 6.45) is 2.74. The molecule has 1 fully saturated rings. The lowest BCUT2D eigenvalue weighted by Gasteiger charge is -2.31. The molecule has 102 valence electrons. The summed E-state index contributed by atoms with van der Waals surface area (Å²) in [5.41, 5.74) is 0.0682. The monoisotopic (exact) mass is 262 g/mol. The van der Waals surface area contributed by atoms with Crippen LogP contribution < -0.4 is 5.32 Å². The van der Waals surface area contributed by atoms with Crippen LogP contribution in [0.5, 0.6) is 0 Å². The summed E-state index contributed by atoms with van der Waals surface area (Å²) >= 11 is 0. The van der Waals surface area contributed by atoms with Gasteiger partial charge < -0.3 is 5.32 Å². The van der Waals surface area contributed by atoms with Crippen LogP contribution in [0.25, 0.3) is 0 Å². The first kappa shape index (κ1) is 14.9. The second kappa shape index (κ2) is 5.67. The van der Waals surface area contributed by atoms with Crippen LogP contribution in [0.1, 0.15) is 40.0 Å². The minimum Gasteiger partial charge on any atom is -0.315 e. The van der Waals surface area contributed by atoms with Crippen LogP contribution in [-0.2, 0) is 10.0 Å². The molecule has 0 aliphatic carbocycles. The van der Waals surface area contributed by atoms with Crippen molar-refractivity contribution in [2.75, 3.05) is 25.9 Å². The molecule has 0 aromatic rings. The Balaban J connectivity index is 2.56. The molecule has 1 N–H and O–H groups in total. The van der Waals surface area contributed by atoms with Crippen molar-refractivity contribution in [1.29, 1.82) is 0 Å². The van der Waals surface area contributed by atoms with E-state index >= 15 is 0 Å². The van der Waals surface area contributed by atoms with Crippen molar-refractivity contribution in [1.82, 2.24) is 9.62 Å². The van der Waals surface area contributed by atoms with E-state index in [2.05, 4.69) is 26.1 Å². The fraction of sp³-hybridized carbons (Fsp3) is 1.00. The maximum absolute atomic E-state index is 12.2. The molecule has 1 aliphatic heterocycles. The average Bonchev–Trinajstić information content (AvgIpc) is 2.26. The van der Waals surface area contributed by atoms with Gasteiger partial charge in [0.05, 0.1) is 5.75 Å². The molecule has 0 bridgehead atoms. The van der Waals surface area contributed by atoms with E-state index in [0.717, 1.165) is 25.9 Å². The molecule has 1 aliphatic rings. The van der Waals surface area contributed by atoms with Gasteiger partial charge in [-0.2, -0.15) is 0 Å². The van der Waals surface area contributed by atoms with Gasteiger partial charge in [0.1, 0.15) is 0 Å². The van der Waals surface area contributed by atoms with Crippen molar-refractivity contribution in [3.05, 3.63) is 0 Å². The summed E-state index contributed by atoms with van der Waals surface area (Å²) in [6, 6.07) is 0.133. The maximum Gasteiger partial charge on any atom is 0.214 e. The maximum atomic E-state index is 12.2. The highest BCUT2D eigenvalue weighted by Gasteiger charge is 2.28. The molecule has 0 aromatic carbocycles. The minimum atomic E-state index is -3.10. The zero-order valence-electron chi connectivity index (χ0n) is 11.5. The molecule has 0 aromatic heterocycles. The second-order valence-electron chi connectivity index (χ2n) is 6.14. The second-order valence-corrected chi connectivity index (χ2v) is 8.29. The van der Waals surface area contributed by atoms with Crippen molar-refractivity contribution < 1.29 is 8.42 Å². The Morgan fingerprint density at radius 1 is 1.35 bits per heavy atom. The Kier molecular flexibility index (Phi) is 4.98. The van der Waals surface area contributed by atoms with Gasteiger partial charge in [-0.25, -0.2) is 12.7 Å². The summed E-state index contributed by atoms with van der Waals surface area (Å²) in [7, 11) is -1.38. The van der Waals surface area contributed by atoms with Gasteiger partial charge in [-0.05, 0) is 31.2 Å². The lowest BCUT2D eigenvalue weighted by molar-refractivity contribution is 0.297. The molecule has 0 amide bonds. The van der Waals surface area contributed by atoms with Crippen LogP contribution in [0.15, 0.2) is 0 Å². The summed E-state index contributed by atoms with van der Waals surface area (Å²) in [6.45, 7) is 8.01. The largest absolute Gasteiger partial charge is 0.315 e. The van der Waals surface area contributed by atoms with E-state index in [1.165, 1.54) is 0 Å². The Morgan fingerprint density at radius 2 is 2.00 bits per heavy atom. The van der Waals surface area contributed by atoms with Gasteiger partial charge in [0.15, 0.2) is 0 Å². The van der Waals surface area contributed by atoms with Crippen LogP contribution in [0.3, 0.4) is 0 Å². The molecule has 1 saturated heterocycles. The van der Waals surface area contributed by atoms with Gasteiger partial charge >= 0.3 is 0 Å². The van der Waals surface area contributed by atoms with Crippen LogP contribution in [0, 0.1) is 5.41 Å². The normalized spacial score (nSPS) is 23.0. The van der Waals surface area contributed by atoms with Gasteiger partial charge in [-0.3, -0.25) is 0 Å². The third kappa shape index (κ3) is 4.94. The van der Waals surface area contributed by atoms with E-state index in [9.17, 15) is 8.42 Å². The predicted octanol–water partition coefficient (Wildman–Crippen LogP) is 1.44. The van der Waals surface area contributed by atoms with Crippen molar-refractivity contribution in [2.24, 2.45) is 5.41 Å². The van der Waals surface area contributed by atoms with E-state index in [0.29, 0.717) is 6.42 Å². The van der Waals surface area contributed by atoms with E-state index in [4.69, 9.17) is 0 Å². The van der Waals surface area contributed by atoms with Crippen LogP contribution >= 0.6 is 0 Å². The fourth-order valence-corrected chi connectivity index (χ4v) is 3.74. The topological polar surface area (TPSA) is 49.4 Å². The predicted molar refractivity (Wildman–Crippen MR) is 71.5 cm³/mol. The van der Waals surface area contributed by atoms with E-state index in [1.54, 1.807) is 11.4 Å². The summed E-state index contributed by atoms with van der Waals surface area (Å²) in [5, 5.41) is 3.25. The highest BCUT2D eigenvalue weighted by atomic mass is 32.2. The molecule has 0 saturated carbocycles.